The number of hydrogen-bond donors (Lipinski definition) is 2. The van der Waals surface area contributed by atoms with E-state index in [4.69, 9.17) is 10.9 Å². The van der Waals surface area contributed by atoms with Gasteiger partial charge in [0.25, 0.3) is 0 Å². The number of β-lactam (4-membered cyclic amide) rings is 1. The van der Waals surface area contributed by atoms with Gasteiger partial charge in [-0.25, -0.2) is 0 Å². The van der Waals surface area contributed by atoms with E-state index in [-0.39, 0.29) is 17.1 Å². The zero-order valence-corrected chi connectivity index (χ0v) is 13.1. The summed E-state index contributed by atoms with van der Waals surface area (Å²) < 4.78 is -0.422. The van der Waals surface area contributed by atoms with Crippen molar-refractivity contribution in [1.82, 2.24) is 4.90 Å². The van der Waals surface area contributed by atoms with Crippen LogP contribution in [0.5, 0.6) is 0 Å². The average molecular weight is 319 g/mol. The molecule has 1 aromatic carbocycles. The highest BCUT2D eigenvalue weighted by Gasteiger charge is 2.62. The summed E-state index contributed by atoms with van der Waals surface area (Å²) in [5, 5.41) is 11.6. The van der Waals surface area contributed by atoms with Crippen molar-refractivity contribution in [3.05, 3.63) is 35.4 Å². The van der Waals surface area contributed by atoms with Gasteiger partial charge in [-0.15, -0.1) is 11.8 Å². The van der Waals surface area contributed by atoms with Gasteiger partial charge in [0.05, 0.1) is 6.21 Å². The number of benzene rings is 1. The fraction of sp³-hybridized carbons (Fsp3) is 0.400. The summed E-state index contributed by atoms with van der Waals surface area (Å²) in [5.41, 5.74) is 6.79. The molecule has 7 heteroatoms. The van der Waals surface area contributed by atoms with Gasteiger partial charge in [0.15, 0.2) is 5.78 Å². The molecule has 0 saturated carbocycles. The van der Waals surface area contributed by atoms with E-state index in [0.29, 0.717) is 11.1 Å². The molecule has 2 heterocycles. The van der Waals surface area contributed by atoms with Gasteiger partial charge in [0.1, 0.15) is 17.5 Å². The van der Waals surface area contributed by atoms with Crippen LogP contribution in [0, 0.1) is 0 Å². The van der Waals surface area contributed by atoms with E-state index in [1.165, 1.54) is 6.21 Å². The molecule has 0 bridgehead atoms. The molecular formula is C15H17N3O3S. The molecule has 0 aromatic heterocycles. The van der Waals surface area contributed by atoms with Gasteiger partial charge in [-0.3, -0.25) is 9.59 Å². The Kier molecular flexibility index (Phi) is 3.49. The lowest BCUT2D eigenvalue weighted by Crippen LogP contribution is -2.68. The van der Waals surface area contributed by atoms with Crippen LogP contribution in [0.4, 0.5) is 0 Å². The van der Waals surface area contributed by atoms with E-state index >= 15 is 0 Å². The number of nitrogens with two attached hydrogens (primary N) is 1. The highest BCUT2D eigenvalue weighted by Crippen LogP contribution is 2.51. The monoisotopic (exact) mass is 319 g/mol. The van der Waals surface area contributed by atoms with Crippen LogP contribution in [0.1, 0.15) is 29.8 Å². The minimum absolute atomic E-state index is 0.143. The first kappa shape index (κ1) is 15.1. The number of ketones is 1. The van der Waals surface area contributed by atoms with E-state index in [1.54, 1.807) is 40.9 Å². The van der Waals surface area contributed by atoms with E-state index in [2.05, 4.69) is 5.16 Å². The van der Waals surface area contributed by atoms with Gasteiger partial charge in [-0.05, 0) is 13.8 Å². The Morgan fingerprint density at radius 3 is 2.82 bits per heavy atom. The number of oxime groups is 1. The predicted octanol–water partition coefficient (Wildman–Crippen LogP) is 1.07. The summed E-state index contributed by atoms with van der Waals surface area (Å²) in [7, 11) is 0. The zero-order valence-electron chi connectivity index (χ0n) is 12.3. The Labute approximate surface area is 132 Å². The SMILES string of the molecule is CC1(C)S[C@@H]2C(N)C(=O)N2[C@H]1C(=O)c1ccccc1/C=N/O. The normalized spacial score (nSPS) is 29.5. The van der Waals surface area contributed by atoms with Crippen LogP contribution in [0.3, 0.4) is 0 Å². The molecule has 2 aliphatic heterocycles. The van der Waals surface area contributed by atoms with Crippen LogP contribution in [0.15, 0.2) is 29.4 Å². The maximum atomic E-state index is 13.0. The summed E-state index contributed by atoms with van der Waals surface area (Å²) in [6.45, 7) is 3.89. The quantitative estimate of drug-likeness (QED) is 0.286. The first-order valence-corrected chi connectivity index (χ1v) is 7.82. The molecule has 2 saturated heterocycles. The summed E-state index contributed by atoms with van der Waals surface area (Å²) in [5.74, 6) is -0.342. The van der Waals surface area contributed by atoms with Gasteiger partial charge in [-0.1, -0.05) is 29.4 Å². The first-order chi connectivity index (χ1) is 10.4. The lowest BCUT2D eigenvalue weighted by atomic mass is 9.88. The molecule has 3 atom stereocenters. The number of thioether (sulfide) groups is 1. The van der Waals surface area contributed by atoms with E-state index in [9.17, 15) is 9.59 Å². The van der Waals surface area contributed by atoms with Gasteiger partial charge >= 0.3 is 0 Å². The summed E-state index contributed by atoms with van der Waals surface area (Å²) >= 11 is 1.56. The zero-order chi connectivity index (χ0) is 16.1. The van der Waals surface area contributed by atoms with Gasteiger partial charge in [-0.2, -0.15) is 0 Å². The molecule has 3 N–H and O–H groups in total. The van der Waals surface area contributed by atoms with Crippen molar-refractivity contribution >= 4 is 29.7 Å². The van der Waals surface area contributed by atoms with Crippen LogP contribution in [0.25, 0.3) is 0 Å². The van der Waals surface area contributed by atoms with E-state index in [1.807, 2.05) is 13.8 Å². The third-order valence-electron chi connectivity index (χ3n) is 4.15. The second-order valence-electron chi connectivity index (χ2n) is 5.98. The second-order valence-corrected chi connectivity index (χ2v) is 7.75. The summed E-state index contributed by atoms with van der Waals surface area (Å²) in [6.07, 6.45) is 1.23. The Morgan fingerprint density at radius 2 is 2.14 bits per heavy atom. The summed E-state index contributed by atoms with van der Waals surface area (Å²) in [4.78, 5) is 26.7. The van der Waals surface area contributed by atoms with Crippen LogP contribution in [-0.2, 0) is 4.79 Å². The van der Waals surface area contributed by atoms with Crippen LogP contribution in [0.2, 0.25) is 0 Å². The predicted molar refractivity (Wildman–Crippen MR) is 84.2 cm³/mol. The first-order valence-electron chi connectivity index (χ1n) is 6.94. The Balaban J connectivity index is 2.00. The molecule has 2 fully saturated rings. The van der Waals surface area contributed by atoms with Crippen molar-refractivity contribution < 1.29 is 14.8 Å². The minimum atomic E-state index is -0.567. The van der Waals surface area contributed by atoms with Crippen LogP contribution in [-0.4, -0.2) is 50.2 Å². The topological polar surface area (TPSA) is 96.0 Å². The van der Waals surface area contributed by atoms with Gasteiger partial charge in [0, 0.05) is 15.9 Å². The average Bonchev–Trinajstić information content (AvgIpc) is 2.76. The van der Waals surface area contributed by atoms with E-state index in [0.717, 1.165) is 0 Å². The fourth-order valence-corrected chi connectivity index (χ4v) is 4.68. The second kappa shape index (κ2) is 5.10. The van der Waals surface area contributed by atoms with Crippen molar-refractivity contribution in [2.75, 3.05) is 0 Å². The molecular weight excluding hydrogens is 302 g/mol. The Hall–Kier alpha value is -1.86. The van der Waals surface area contributed by atoms with E-state index < -0.39 is 16.8 Å². The largest absolute Gasteiger partial charge is 0.411 e. The highest BCUT2D eigenvalue weighted by molar-refractivity contribution is 8.01. The molecule has 1 aromatic rings. The lowest BCUT2D eigenvalue weighted by molar-refractivity contribution is -0.145. The van der Waals surface area contributed by atoms with Gasteiger partial charge < -0.3 is 15.8 Å². The Bertz CT molecular complexity index is 674. The lowest BCUT2D eigenvalue weighted by Gasteiger charge is -2.42. The van der Waals surface area contributed by atoms with Crippen molar-refractivity contribution in [1.29, 1.82) is 0 Å². The molecule has 116 valence electrons. The number of hydrogen-bond acceptors (Lipinski definition) is 6. The number of carbonyl (C=O) groups is 2. The molecule has 0 aliphatic carbocycles. The summed E-state index contributed by atoms with van der Waals surface area (Å²) in [6, 6.07) is 5.79. The fourth-order valence-electron chi connectivity index (χ4n) is 3.11. The molecule has 0 radical (unpaired) electrons. The molecule has 22 heavy (non-hydrogen) atoms. The third kappa shape index (κ3) is 2.04. The molecule has 6 nitrogen and oxygen atoms in total. The maximum absolute atomic E-state index is 13.0. The molecule has 1 amide bonds. The number of nitrogens with zero attached hydrogens (tertiary/aromatic N) is 2. The smallest absolute Gasteiger partial charge is 0.244 e. The third-order valence-corrected chi connectivity index (χ3v) is 5.75. The van der Waals surface area contributed by atoms with Crippen LogP contribution < -0.4 is 5.73 Å². The maximum Gasteiger partial charge on any atom is 0.244 e. The number of rotatable bonds is 3. The molecule has 1 unspecified atom stereocenters. The van der Waals surface area contributed by atoms with Crippen molar-refractivity contribution in [3.63, 3.8) is 0 Å². The standard InChI is InChI=1S/C15H17N3O3S/c1-15(2)12(18-13(20)10(16)14(18)22-15)11(19)9-6-4-3-5-8(9)7-17-21/h3-7,10,12,14,21H,16H2,1-2H3/b17-7+/t10?,12-,14+/m0/s1. The molecule has 2 aliphatic rings. The Morgan fingerprint density at radius 1 is 1.45 bits per heavy atom. The van der Waals surface area contributed by atoms with Crippen molar-refractivity contribution in [2.45, 2.75) is 36.1 Å². The number of Topliss-reactive ketones (excluding diaryl/α,β-unsaturated/α-hetero) is 1. The molecule has 3 rings (SSSR count). The van der Waals surface area contributed by atoms with Crippen molar-refractivity contribution in [3.8, 4) is 0 Å². The number of amides is 1. The van der Waals surface area contributed by atoms with Gasteiger partial charge in [0.2, 0.25) is 5.91 Å². The number of fused-ring (bicyclic) bond motifs is 1. The molecule has 0 spiro atoms. The minimum Gasteiger partial charge on any atom is -0.411 e. The number of carbonyl (C=O) groups excluding carboxylic acids is 2. The van der Waals surface area contributed by atoms with Crippen molar-refractivity contribution in [2.24, 2.45) is 10.9 Å². The van der Waals surface area contributed by atoms with Crippen LogP contribution >= 0.6 is 11.8 Å². The highest BCUT2D eigenvalue weighted by atomic mass is 32.2.